The summed E-state index contributed by atoms with van der Waals surface area (Å²) < 4.78 is 23.5. The SMILES string of the molecule is Cl.NC[C@H]1CCC[C@H]1C(=O)NCCS(=O)(=O)CC1CC1. The Bertz CT molecular complexity index is 423. The van der Waals surface area contributed by atoms with Gasteiger partial charge in [0, 0.05) is 12.5 Å². The Morgan fingerprint density at radius 2 is 1.90 bits per heavy atom. The highest BCUT2D eigenvalue weighted by atomic mass is 35.5. The van der Waals surface area contributed by atoms with Gasteiger partial charge in [0.05, 0.1) is 11.5 Å². The lowest BCUT2D eigenvalue weighted by atomic mass is 9.95. The number of carbonyl (C=O) groups is 1. The Morgan fingerprint density at radius 3 is 2.50 bits per heavy atom. The molecule has 0 bridgehead atoms. The first-order valence-corrected chi connectivity index (χ1v) is 9.02. The smallest absolute Gasteiger partial charge is 0.223 e. The highest BCUT2D eigenvalue weighted by molar-refractivity contribution is 7.91. The molecule has 2 rings (SSSR count). The van der Waals surface area contributed by atoms with Crippen LogP contribution < -0.4 is 11.1 Å². The summed E-state index contributed by atoms with van der Waals surface area (Å²) in [6, 6.07) is 0. The summed E-state index contributed by atoms with van der Waals surface area (Å²) in [7, 11) is -3.00. The molecule has 118 valence electrons. The predicted molar refractivity (Wildman–Crippen MR) is 81.5 cm³/mol. The van der Waals surface area contributed by atoms with Crippen molar-refractivity contribution in [2.75, 3.05) is 24.6 Å². The van der Waals surface area contributed by atoms with Crippen LogP contribution in [-0.2, 0) is 14.6 Å². The number of rotatable bonds is 7. The van der Waals surface area contributed by atoms with Gasteiger partial charge < -0.3 is 11.1 Å². The molecule has 2 fully saturated rings. The molecular formula is C13H25ClN2O3S. The van der Waals surface area contributed by atoms with Gasteiger partial charge in [-0.2, -0.15) is 0 Å². The van der Waals surface area contributed by atoms with Crippen LogP contribution in [0.4, 0.5) is 0 Å². The van der Waals surface area contributed by atoms with E-state index in [1.165, 1.54) is 0 Å². The number of hydrogen-bond donors (Lipinski definition) is 2. The Labute approximate surface area is 127 Å². The van der Waals surface area contributed by atoms with Crippen LogP contribution in [0.1, 0.15) is 32.1 Å². The summed E-state index contributed by atoms with van der Waals surface area (Å²) >= 11 is 0. The highest BCUT2D eigenvalue weighted by Gasteiger charge is 2.32. The maximum absolute atomic E-state index is 12.0. The molecule has 0 aromatic heterocycles. The lowest BCUT2D eigenvalue weighted by Crippen LogP contribution is -2.37. The molecule has 20 heavy (non-hydrogen) atoms. The van der Waals surface area contributed by atoms with Gasteiger partial charge in [-0.15, -0.1) is 12.4 Å². The van der Waals surface area contributed by atoms with Gasteiger partial charge in [-0.05, 0) is 44.1 Å². The summed E-state index contributed by atoms with van der Waals surface area (Å²) in [5, 5.41) is 2.77. The molecule has 0 heterocycles. The van der Waals surface area contributed by atoms with E-state index in [2.05, 4.69) is 5.32 Å². The molecule has 0 aliphatic heterocycles. The van der Waals surface area contributed by atoms with Crippen molar-refractivity contribution in [3.05, 3.63) is 0 Å². The third-order valence-corrected chi connectivity index (χ3v) is 6.00. The number of nitrogens with one attached hydrogen (secondary N) is 1. The minimum Gasteiger partial charge on any atom is -0.355 e. The van der Waals surface area contributed by atoms with Crippen LogP contribution in [0.5, 0.6) is 0 Å². The molecule has 0 saturated heterocycles. The molecule has 2 atom stereocenters. The standard InChI is InChI=1S/C13H24N2O3S.ClH/c14-8-11-2-1-3-12(11)13(16)15-6-7-19(17,18)9-10-4-5-10;/h10-12H,1-9,14H2,(H,15,16);1H/t11-,12-;/m1./s1. The van der Waals surface area contributed by atoms with Gasteiger partial charge in [0.2, 0.25) is 5.91 Å². The Hall–Kier alpha value is -0.330. The monoisotopic (exact) mass is 324 g/mol. The lowest BCUT2D eigenvalue weighted by Gasteiger charge is -2.17. The minimum absolute atomic E-state index is 0. The van der Waals surface area contributed by atoms with Crippen molar-refractivity contribution in [2.45, 2.75) is 32.1 Å². The Balaban J connectivity index is 0.00000200. The largest absolute Gasteiger partial charge is 0.355 e. The first-order chi connectivity index (χ1) is 9.02. The van der Waals surface area contributed by atoms with Crippen LogP contribution in [0.25, 0.3) is 0 Å². The fourth-order valence-electron chi connectivity index (χ4n) is 2.85. The minimum atomic E-state index is -3.00. The van der Waals surface area contributed by atoms with Gasteiger partial charge in [0.15, 0.2) is 9.84 Å². The van der Waals surface area contributed by atoms with E-state index < -0.39 is 9.84 Å². The molecular weight excluding hydrogens is 300 g/mol. The van der Waals surface area contributed by atoms with Crippen LogP contribution >= 0.6 is 12.4 Å². The number of carbonyl (C=O) groups excluding carboxylic acids is 1. The molecule has 1 amide bonds. The third kappa shape index (κ3) is 5.22. The second kappa shape index (κ2) is 7.61. The van der Waals surface area contributed by atoms with Crippen LogP contribution in [0.3, 0.4) is 0 Å². The first-order valence-electron chi connectivity index (χ1n) is 7.20. The number of sulfone groups is 1. The zero-order valence-electron chi connectivity index (χ0n) is 11.7. The van der Waals surface area contributed by atoms with Crippen LogP contribution in [0.15, 0.2) is 0 Å². The van der Waals surface area contributed by atoms with E-state index >= 15 is 0 Å². The molecule has 5 nitrogen and oxygen atoms in total. The van der Waals surface area contributed by atoms with Crippen LogP contribution in [0, 0.1) is 17.8 Å². The van der Waals surface area contributed by atoms with Crippen molar-refractivity contribution >= 4 is 28.2 Å². The van der Waals surface area contributed by atoms with Crippen LogP contribution in [0.2, 0.25) is 0 Å². The van der Waals surface area contributed by atoms with Gasteiger partial charge in [-0.25, -0.2) is 8.42 Å². The van der Waals surface area contributed by atoms with E-state index in [0.717, 1.165) is 32.1 Å². The maximum Gasteiger partial charge on any atom is 0.223 e. The Kier molecular flexibility index (Phi) is 6.75. The number of hydrogen-bond acceptors (Lipinski definition) is 4. The van der Waals surface area contributed by atoms with E-state index in [4.69, 9.17) is 5.73 Å². The van der Waals surface area contributed by atoms with Gasteiger partial charge in [0.1, 0.15) is 0 Å². The summed E-state index contributed by atoms with van der Waals surface area (Å²) in [6.45, 7) is 0.778. The van der Waals surface area contributed by atoms with Crippen molar-refractivity contribution in [3.8, 4) is 0 Å². The fourth-order valence-corrected chi connectivity index (χ4v) is 4.48. The van der Waals surface area contributed by atoms with Gasteiger partial charge in [-0.1, -0.05) is 6.42 Å². The van der Waals surface area contributed by atoms with Crippen molar-refractivity contribution in [1.29, 1.82) is 0 Å². The summed E-state index contributed by atoms with van der Waals surface area (Å²) in [4.78, 5) is 12.0. The van der Waals surface area contributed by atoms with Crippen molar-refractivity contribution in [1.82, 2.24) is 5.32 Å². The predicted octanol–water partition coefficient (Wildman–Crippen LogP) is 0.724. The molecule has 0 radical (unpaired) electrons. The summed E-state index contributed by atoms with van der Waals surface area (Å²) in [5.74, 6) is 0.957. The van der Waals surface area contributed by atoms with Crippen molar-refractivity contribution < 1.29 is 13.2 Å². The van der Waals surface area contributed by atoms with E-state index in [9.17, 15) is 13.2 Å². The zero-order chi connectivity index (χ0) is 13.9. The molecule has 0 aromatic carbocycles. The van der Waals surface area contributed by atoms with Gasteiger partial charge >= 0.3 is 0 Å². The number of halogens is 1. The quantitative estimate of drug-likeness (QED) is 0.722. The summed E-state index contributed by atoms with van der Waals surface area (Å²) in [5.41, 5.74) is 5.65. The number of amides is 1. The maximum atomic E-state index is 12.0. The Morgan fingerprint density at radius 1 is 1.20 bits per heavy atom. The van der Waals surface area contributed by atoms with Crippen molar-refractivity contribution in [2.24, 2.45) is 23.5 Å². The molecule has 0 aromatic rings. The normalized spacial score (nSPS) is 26.1. The second-order valence-electron chi connectivity index (χ2n) is 5.88. The number of nitrogens with two attached hydrogens (primary N) is 1. The van der Waals surface area contributed by atoms with Gasteiger partial charge in [0.25, 0.3) is 0 Å². The average Bonchev–Trinajstić information content (AvgIpc) is 3.01. The van der Waals surface area contributed by atoms with Gasteiger partial charge in [-0.3, -0.25) is 4.79 Å². The molecule has 3 N–H and O–H groups in total. The highest BCUT2D eigenvalue weighted by Crippen LogP contribution is 2.31. The van der Waals surface area contributed by atoms with Crippen molar-refractivity contribution in [3.63, 3.8) is 0 Å². The molecule has 2 aliphatic rings. The third-order valence-electron chi connectivity index (χ3n) is 4.20. The summed E-state index contributed by atoms with van der Waals surface area (Å²) in [6.07, 6.45) is 4.99. The fraction of sp³-hybridized carbons (Fsp3) is 0.923. The van der Waals surface area contributed by atoms with E-state index in [0.29, 0.717) is 12.5 Å². The molecule has 2 aliphatic carbocycles. The molecule has 0 unspecified atom stereocenters. The lowest BCUT2D eigenvalue weighted by molar-refractivity contribution is -0.125. The second-order valence-corrected chi connectivity index (χ2v) is 8.11. The molecule has 0 spiro atoms. The van der Waals surface area contributed by atoms with E-state index in [1.807, 2.05) is 0 Å². The first kappa shape index (κ1) is 17.7. The zero-order valence-corrected chi connectivity index (χ0v) is 13.3. The van der Waals surface area contributed by atoms with E-state index in [1.54, 1.807) is 0 Å². The molecule has 7 heteroatoms. The topological polar surface area (TPSA) is 89.3 Å². The van der Waals surface area contributed by atoms with Crippen LogP contribution in [-0.4, -0.2) is 38.9 Å². The average molecular weight is 325 g/mol. The van der Waals surface area contributed by atoms with E-state index in [-0.39, 0.29) is 48.2 Å². The molecule has 2 saturated carbocycles.